The van der Waals surface area contributed by atoms with E-state index < -0.39 is 18.2 Å². The number of benzene rings is 3. The predicted molar refractivity (Wildman–Crippen MR) is 204 cm³/mol. The van der Waals surface area contributed by atoms with Crippen LogP contribution in [0, 0.1) is 5.92 Å². The van der Waals surface area contributed by atoms with E-state index in [0.717, 1.165) is 95.1 Å². The summed E-state index contributed by atoms with van der Waals surface area (Å²) >= 11 is 0. The number of aliphatic hydroxyl groups is 1. The molecule has 282 valence electrons. The number of hydrogen-bond acceptors (Lipinski definition) is 9. The Balaban J connectivity index is 0.863. The lowest BCUT2D eigenvalue weighted by molar-refractivity contribution is -0.0336. The Morgan fingerprint density at radius 1 is 0.868 bits per heavy atom. The number of carbonyl (C=O) groups excluding carboxylic acids is 2. The molecular weight excluding hydrogens is 672 g/mol. The Kier molecular flexibility index (Phi) is 13.5. The number of unbranched alkanes of at least 4 members (excludes halogenated alkanes) is 6. The van der Waals surface area contributed by atoms with Crippen LogP contribution in [-0.4, -0.2) is 77.6 Å². The molecular formula is C42H52N4O7. The summed E-state index contributed by atoms with van der Waals surface area (Å²) in [5, 5.41) is 27.8. The number of nitrogens with zero attached hydrogens (tertiary/aromatic N) is 1. The number of phenolic OH excluding ortho intramolecular Hbond substituents is 1. The number of carbonyl (C=O) groups is 2. The number of aromatic hydroxyl groups is 1. The minimum atomic E-state index is -0.763. The number of amides is 1. The molecule has 4 heterocycles. The highest BCUT2D eigenvalue weighted by Gasteiger charge is 2.37. The Morgan fingerprint density at radius 3 is 2.36 bits per heavy atom. The molecule has 0 radical (unpaired) electrons. The largest absolute Gasteiger partial charge is 0.506 e. The third-order valence-corrected chi connectivity index (χ3v) is 10.5. The first-order valence-corrected chi connectivity index (χ1v) is 19.1. The van der Waals surface area contributed by atoms with Crippen LogP contribution < -0.4 is 16.2 Å². The molecule has 3 atom stereocenters. The van der Waals surface area contributed by atoms with Gasteiger partial charge in [0.1, 0.15) is 11.9 Å². The Hall–Kier alpha value is -4.71. The quantitative estimate of drug-likeness (QED) is 0.0584. The maximum Gasteiger partial charge on any atom is 0.408 e. The number of pyridine rings is 1. The van der Waals surface area contributed by atoms with E-state index in [2.05, 4.69) is 20.5 Å². The van der Waals surface area contributed by atoms with Crippen molar-refractivity contribution < 1.29 is 29.3 Å². The van der Waals surface area contributed by atoms with E-state index in [1.165, 1.54) is 12.1 Å². The average Bonchev–Trinajstić information content (AvgIpc) is 3.18. The number of aliphatic hydroxyl groups excluding tert-OH is 1. The van der Waals surface area contributed by atoms with Crippen LogP contribution in [0.25, 0.3) is 10.9 Å². The highest BCUT2D eigenvalue weighted by atomic mass is 16.6. The molecule has 1 unspecified atom stereocenters. The minimum absolute atomic E-state index is 0.0222. The van der Waals surface area contributed by atoms with Crippen molar-refractivity contribution in [3.05, 3.63) is 111 Å². The number of fused-ring (bicyclic) bond motifs is 4. The first-order valence-electron chi connectivity index (χ1n) is 19.1. The number of aromatic nitrogens is 1. The number of H-pyrrole nitrogens is 1. The van der Waals surface area contributed by atoms with Crippen molar-refractivity contribution in [1.82, 2.24) is 20.5 Å². The summed E-state index contributed by atoms with van der Waals surface area (Å²) in [7, 11) is 0. The summed E-state index contributed by atoms with van der Waals surface area (Å²) in [6, 6.07) is 22.7. The molecule has 3 aromatic carbocycles. The van der Waals surface area contributed by atoms with Gasteiger partial charge in [-0.2, -0.15) is 0 Å². The predicted octanol–water partition coefficient (Wildman–Crippen LogP) is 6.35. The van der Waals surface area contributed by atoms with Crippen molar-refractivity contribution in [2.24, 2.45) is 5.92 Å². The molecule has 3 saturated heterocycles. The molecule has 0 spiro atoms. The molecule has 0 aliphatic carbocycles. The summed E-state index contributed by atoms with van der Waals surface area (Å²) in [4.78, 5) is 42.8. The highest BCUT2D eigenvalue weighted by Crippen LogP contribution is 2.31. The van der Waals surface area contributed by atoms with Gasteiger partial charge in [-0.1, -0.05) is 80.6 Å². The van der Waals surface area contributed by atoms with Crippen molar-refractivity contribution in [1.29, 1.82) is 0 Å². The fourth-order valence-electron chi connectivity index (χ4n) is 7.57. The van der Waals surface area contributed by atoms with Gasteiger partial charge in [0.15, 0.2) is 0 Å². The zero-order valence-corrected chi connectivity index (χ0v) is 30.3. The van der Waals surface area contributed by atoms with Crippen LogP contribution in [0.1, 0.15) is 97.0 Å². The number of esters is 1. The molecule has 11 heteroatoms. The zero-order valence-electron chi connectivity index (χ0n) is 30.3. The summed E-state index contributed by atoms with van der Waals surface area (Å²) < 4.78 is 11.6. The molecule has 4 aromatic rings. The third kappa shape index (κ3) is 10.5. The summed E-state index contributed by atoms with van der Waals surface area (Å²) in [6.07, 6.45) is 7.94. The fourth-order valence-corrected chi connectivity index (χ4v) is 7.57. The van der Waals surface area contributed by atoms with Crippen molar-refractivity contribution in [2.45, 2.75) is 76.0 Å². The Bertz CT molecular complexity index is 1860. The van der Waals surface area contributed by atoms with Crippen molar-refractivity contribution in [2.75, 3.05) is 39.3 Å². The Labute approximate surface area is 310 Å². The fraction of sp³-hybridized carbons (Fsp3) is 0.452. The molecule has 0 saturated carbocycles. The summed E-state index contributed by atoms with van der Waals surface area (Å²) in [6.45, 7) is 4.45. The number of rotatable bonds is 18. The maximum absolute atomic E-state index is 13.1. The number of piperidine rings is 3. The standard InChI is InChI=1S/C42H52N4O7/c47-35-18-16-33(34-17-19-38(49)44-40(34)35)36(48)27-43-22-9-4-2-1-3-5-10-25-52-41(50)32-15-11-14-31(26-32)39(30-12-7-6-8-13-30)45-42(51)53-37-28-46-23-20-29(37)21-24-46/h6-8,11-19,26,29,36-37,39,43,47-48H,1-5,9-10,20-25,27-28H2,(H,44,49)(H,45,51)/t36-,37+,39?/m1/s1. The van der Waals surface area contributed by atoms with E-state index in [-0.39, 0.29) is 23.4 Å². The first kappa shape index (κ1) is 38.0. The molecule has 11 nitrogen and oxygen atoms in total. The van der Waals surface area contributed by atoms with E-state index in [1.54, 1.807) is 24.3 Å². The van der Waals surface area contributed by atoms with Gasteiger partial charge in [-0.05, 0) is 92.2 Å². The molecule has 3 aliphatic rings. The second kappa shape index (κ2) is 18.9. The first-order chi connectivity index (χ1) is 25.9. The lowest BCUT2D eigenvalue weighted by atomic mass is 9.86. The van der Waals surface area contributed by atoms with E-state index in [4.69, 9.17) is 9.47 Å². The molecule has 53 heavy (non-hydrogen) atoms. The number of ether oxygens (including phenoxy) is 2. The van der Waals surface area contributed by atoms with Crippen LogP contribution in [-0.2, 0) is 9.47 Å². The van der Waals surface area contributed by atoms with Crippen molar-refractivity contribution in [3.8, 4) is 5.75 Å². The lowest BCUT2D eigenvalue weighted by Crippen LogP contribution is -2.52. The topological polar surface area (TPSA) is 153 Å². The lowest BCUT2D eigenvalue weighted by Gasteiger charge is -2.43. The van der Waals surface area contributed by atoms with Gasteiger partial charge in [0.2, 0.25) is 5.56 Å². The third-order valence-electron chi connectivity index (χ3n) is 10.5. The van der Waals surface area contributed by atoms with Crippen LogP contribution in [0.2, 0.25) is 0 Å². The number of aromatic amines is 1. The maximum atomic E-state index is 13.1. The second-order valence-corrected chi connectivity index (χ2v) is 14.3. The van der Waals surface area contributed by atoms with Crippen LogP contribution >= 0.6 is 0 Å². The van der Waals surface area contributed by atoms with Gasteiger partial charge in [0.05, 0.1) is 29.8 Å². The van der Waals surface area contributed by atoms with Crippen molar-refractivity contribution in [3.63, 3.8) is 0 Å². The molecule has 2 bridgehead atoms. The second-order valence-electron chi connectivity index (χ2n) is 14.3. The smallest absolute Gasteiger partial charge is 0.408 e. The molecule has 5 N–H and O–H groups in total. The Morgan fingerprint density at radius 2 is 1.60 bits per heavy atom. The van der Waals surface area contributed by atoms with Gasteiger partial charge in [-0.25, -0.2) is 9.59 Å². The minimum Gasteiger partial charge on any atom is -0.506 e. The molecule has 1 aromatic heterocycles. The molecule has 3 fully saturated rings. The molecule has 3 aliphatic heterocycles. The average molecular weight is 725 g/mol. The van der Waals surface area contributed by atoms with Gasteiger partial charge in [-0.15, -0.1) is 0 Å². The van der Waals surface area contributed by atoms with E-state index in [1.807, 2.05) is 42.5 Å². The summed E-state index contributed by atoms with van der Waals surface area (Å²) in [5.74, 6) is 0.0167. The van der Waals surface area contributed by atoms with Gasteiger partial charge >= 0.3 is 12.1 Å². The number of alkyl carbamates (subject to hydrolysis) is 1. The van der Waals surface area contributed by atoms with Crippen molar-refractivity contribution >= 4 is 23.0 Å². The van der Waals surface area contributed by atoms with Gasteiger partial charge in [-0.3, -0.25) is 9.69 Å². The SMILES string of the molecule is O=C(NC(c1ccccc1)c1cccc(C(=O)OCCCCCCCCCNC[C@@H](O)c2ccc(O)c3[nH]c(=O)ccc23)c1)O[C@H]1CN2CCC1CC2. The van der Waals surface area contributed by atoms with Crippen LogP contribution in [0.4, 0.5) is 4.79 Å². The van der Waals surface area contributed by atoms with Crippen LogP contribution in [0.3, 0.4) is 0 Å². The molecule has 7 rings (SSSR count). The monoisotopic (exact) mass is 724 g/mol. The van der Waals surface area contributed by atoms with Gasteiger partial charge < -0.3 is 35.3 Å². The molecule has 1 amide bonds. The number of nitrogens with one attached hydrogen (secondary N) is 3. The zero-order chi connectivity index (χ0) is 37.0. The van der Waals surface area contributed by atoms with Crippen LogP contribution in [0.5, 0.6) is 5.75 Å². The van der Waals surface area contributed by atoms with Crippen LogP contribution in [0.15, 0.2) is 83.7 Å². The normalized spacial score (nSPS) is 19.1. The highest BCUT2D eigenvalue weighted by molar-refractivity contribution is 5.89. The van der Waals surface area contributed by atoms with Gasteiger partial charge in [0.25, 0.3) is 0 Å². The van der Waals surface area contributed by atoms with E-state index in [0.29, 0.717) is 41.1 Å². The number of phenols is 1. The number of hydrogen-bond donors (Lipinski definition) is 5. The van der Waals surface area contributed by atoms with E-state index in [9.17, 15) is 24.6 Å². The summed E-state index contributed by atoms with van der Waals surface area (Å²) in [5.41, 5.74) is 2.82. The van der Waals surface area contributed by atoms with E-state index >= 15 is 0 Å². The van der Waals surface area contributed by atoms with Gasteiger partial charge in [0, 0.05) is 24.5 Å².